The van der Waals surface area contributed by atoms with Gasteiger partial charge in [0.1, 0.15) is 12.6 Å². The second-order valence-electron chi connectivity index (χ2n) is 8.47. The zero-order valence-electron chi connectivity index (χ0n) is 20.8. The number of hydrogen-bond donors (Lipinski definition) is 1. The average molecular weight is 563 g/mol. The van der Waals surface area contributed by atoms with Crippen molar-refractivity contribution in [2.24, 2.45) is 0 Å². The predicted octanol–water partition coefficient (Wildman–Crippen LogP) is 5.05. The molecule has 3 rings (SSSR count). The number of carbonyl (C=O) groups excluding carboxylic acids is 2. The summed E-state index contributed by atoms with van der Waals surface area (Å²) in [5, 5.41) is 2.97. The first-order valence-corrected chi connectivity index (χ1v) is 13.9. The Bertz CT molecular complexity index is 1370. The topological polar surface area (TPSA) is 86.8 Å². The van der Waals surface area contributed by atoms with Crippen LogP contribution in [-0.4, -0.2) is 44.8 Å². The molecule has 3 aromatic rings. The van der Waals surface area contributed by atoms with Crippen LogP contribution in [0.5, 0.6) is 0 Å². The first kappa shape index (κ1) is 28.5. The van der Waals surface area contributed by atoms with Gasteiger partial charge in [0, 0.05) is 18.6 Å². The van der Waals surface area contributed by atoms with Crippen molar-refractivity contribution in [1.29, 1.82) is 0 Å². The quantitative estimate of drug-likeness (QED) is 0.375. The van der Waals surface area contributed by atoms with Crippen LogP contribution in [0, 0.1) is 6.92 Å². The van der Waals surface area contributed by atoms with Crippen LogP contribution in [0.3, 0.4) is 0 Å². The third-order valence-electron chi connectivity index (χ3n) is 5.85. The molecular formula is C27H29Cl2N3O4S. The van der Waals surface area contributed by atoms with E-state index in [1.54, 1.807) is 25.1 Å². The summed E-state index contributed by atoms with van der Waals surface area (Å²) < 4.78 is 28.5. The van der Waals surface area contributed by atoms with Gasteiger partial charge in [-0.25, -0.2) is 8.42 Å². The summed E-state index contributed by atoms with van der Waals surface area (Å²) in [6.07, 6.45) is 0.334. The molecule has 0 unspecified atom stereocenters. The lowest BCUT2D eigenvalue weighted by molar-refractivity contribution is -0.140. The number of rotatable bonds is 10. The first-order valence-electron chi connectivity index (χ1n) is 11.7. The molecule has 0 aliphatic heterocycles. The highest BCUT2D eigenvalue weighted by Gasteiger charge is 2.34. The number of amides is 2. The number of hydrogen-bond acceptors (Lipinski definition) is 4. The van der Waals surface area contributed by atoms with Gasteiger partial charge in [-0.15, -0.1) is 0 Å². The molecule has 0 aromatic heterocycles. The Hall–Kier alpha value is -3.07. The summed E-state index contributed by atoms with van der Waals surface area (Å²) in [6.45, 7) is 3.26. The normalized spacial score (nSPS) is 12.0. The fraction of sp³-hybridized carbons (Fsp3) is 0.259. The van der Waals surface area contributed by atoms with Gasteiger partial charge in [-0.2, -0.15) is 0 Å². The Kier molecular flexibility index (Phi) is 9.59. The van der Waals surface area contributed by atoms with Gasteiger partial charge in [0.2, 0.25) is 11.8 Å². The zero-order chi connectivity index (χ0) is 27.2. The number of nitrogens with one attached hydrogen (secondary N) is 1. The van der Waals surface area contributed by atoms with Crippen molar-refractivity contribution >= 4 is 50.7 Å². The molecule has 1 N–H and O–H groups in total. The van der Waals surface area contributed by atoms with Crippen molar-refractivity contribution in [3.8, 4) is 0 Å². The molecule has 3 aromatic carbocycles. The Morgan fingerprint density at radius 1 is 0.973 bits per heavy atom. The van der Waals surface area contributed by atoms with Crippen molar-refractivity contribution in [3.63, 3.8) is 0 Å². The lowest BCUT2D eigenvalue weighted by atomic mass is 10.1. The van der Waals surface area contributed by atoms with Gasteiger partial charge in [0.25, 0.3) is 10.0 Å². The van der Waals surface area contributed by atoms with E-state index in [4.69, 9.17) is 23.2 Å². The molecule has 1 atom stereocenters. The van der Waals surface area contributed by atoms with Crippen LogP contribution in [-0.2, 0) is 26.2 Å². The molecule has 0 bridgehead atoms. The summed E-state index contributed by atoms with van der Waals surface area (Å²) in [6, 6.07) is 18.9. The molecule has 10 heteroatoms. The minimum Gasteiger partial charge on any atom is -0.357 e. The fourth-order valence-electron chi connectivity index (χ4n) is 4.00. The highest BCUT2D eigenvalue weighted by atomic mass is 35.5. The van der Waals surface area contributed by atoms with E-state index in [1.165, 1.54) is 42.3 Å². The lowest BCUT2D eigenvalue weighted by Gasteiger charge is -2.33. The van der Waals surface area contributed by atoms with E-state index in [2.05, 4.69) is 5.32 Å². The average Bonchev–Trinajstić information content (AvgIpc) is 2.88. The maximum atomic E-state index is 13.9. The molecule has 37 heavy (non-hydrogen) atoms. The summed E-state index contributed by atoms with van der Waals surface area (Å²) in [7, 11) is -2.72. The number of aryl methyl sites for hydroxylation is 1. The van der Waals surface area contributed by atoms with Gasteiger partial charge in [0.05, 0.1) is 15.6 Å². The summed E-state index contributed by atoms with van der Waals surface area (Å²) in [5.41, 5.74) is 1.88. The van der Waals surface area contributed by atoms with E-state index >= 15 is 0 Å². The van der Waals surface area contributed by atoms with Gasteiger partial charge in [0.15, 0.2) is 0 Å². The van der Waals surface area contributed by atoms with Gasteiger partial charge in [-0.3, -0.25) is 13.9 Å². The van der Waals surface area contributed by atoms with Crippen LogP contribution in [0.2, 0.25) is 10.0 Å². The van der Waals surface area contributed by atoms with Gasteiger partial charge in [-0.1, -0.05) is 78.2 Å². The van der Waals surface area contributed by atoms with Crippen molar-refractivity contribution in [2.75, 3.05) is 17.9 Å². The number of nitrogens with zero attached hydrogens (tertiary/aromatic N) is 2. The largest absolute Gasteiger partial charge is 0.357 e. The fourth-order valence-corrected chi connectivity index (χ4v) is 5.89. The minimum atomic E-state index is -4.22. The van der Waals surface area contributed by atoms with Crippen molar-refractivity contribution in [3.05, 3.63) is 94.0 Å². The first-order chi connectivity index (χ1) is 17.6. The molecule has 0 fully saturated rings. The van der Waals surface area contributed by atoms with Crippen LogP contribution in [0.25, 0.3) is 0 Å². The Morgan fingerprint density at radius 3 is 2.30 bits per heavy atom. The van der Waals surface area contributed by atoms with Crippen LogP contribution in [0.1, 0.15) is 24.5 Å². The van der Waals surface area contributed by atoms with E-state index in [9.17, 15) is 18.0 Å². The van der Waals surface area contributed by atoms with Crippen molar-refractivity contribution < 1.29 is 18.0 Å². The van der Waals surface area contributed by atoms with E-state index in [0.717, 1.165) is 15.4 Å². The van der Waals surface area contributed by atoms with Gasteiger partial charge >= 0.3 is 0 Å². The molecule has 0 saturated carbocycles. The molecule has 0 spiro atoms. The Labute approximate surface area is 228 Å². The minimum absolute atomic E-state index is 0.0116. The van der Waals surface area contributed by atoms with E-state index in [0.29, 0.717) is 6.42 Å². The summed E-state index contributed by atoms with van der Waals surface area (Å²) in [5.74, 6) is -0.908. The zero-order valence-corrected chi connectivity index (χ0v) is 23.1. The molecule has 7 nitrogen and oxygen atoms in total. The molecule has 0 aliphatic rings. The Balaban J connectivity index is 2.10. The molecule has 0 radical (unpaired) electrons. The SMILES string of the molecule is CC[C@H](C(=O)NC)N(Cc1cccc(C)c1)C(=O)CN(c1cc(Cl)ccc1Cl)S(=O)(=O)c1ccccc1. The molecule has 0 heterocycles. The lowest BCUT2D eigenvalue weighted by Crippen LogP contribution is -2.51. The molecular weight excluding hydrogens is 533 g/mol. The third kappa shape index (κ3) is 6.83. The highest BCUT2D eigenvalue weighted by molar-refractivity contribution is 7.92. The van der Waals surface area contributed by atoms with Crippen molar-refractivity contribution in [2.45, 2.75) is 37.8 Å². The van der Waals surface area contributed by atoms with Gasteiger partial charge in [-0.05, 0) is 49.2 Å². The highest BCUT2D eigenvalue weighted by Crippen LogP contribution is 2.33. The van der Waals surface area contributed by atoms with Crippen LogP contribution < -0.4 is 9.62 Å². The molecule has 2 amide bonds. The number of carbonyl (C=O) groups is 2. The maximum absolute atomic E-state index is 13.9. The molecule has 0 aliphatic carbocycles. The smallest absolute Gasteiger partial charge is 0.264 e. The standard InChI is InChI=1S/C27H29Cl2N3O4S/c1-4-24(27(34)30-3)31(17-20-10-8-9-19(2)15-20)26(33)18-32(25-16-21(28)13-14-23(25)29)37(35,36)22-11-6-5-7-12-22/h5-16,24H,4,17-18H2,1-3H3,(H,30,34)/t24-/m1/s1. The number of benzene rings is 3. The monoisotopic (exact) mass is 561 g/mol. The number of likely N-dealkylation sites (N-methyl/N-ethyl adjacent to an activating group) is 1. The van der Waals surface area contributed by atoms with Gasteiger partial charge < -0.3 is 10.2 Å². The molecule has 196 valence electrons. The second-order valence-corrected chi connectivity index (χ2v) is 11.2. The second kappa shape index (κ2) is 12.4. The predicted molar refractivity (Wildman–Crippen MR) is 147 cm³/mol. The number of halogens is 2. The van der Waals surface area contributed by atoms with E-state index < -0.39 is 28.5 Å². The van der Waals surface area contributed by atoms with Crippen molar-refractivity contribution in [1.82, 2.24) is 10.2 Å². The van der Waals surface area contributed by atoms with E-state index in [-0.39, 0.29) is 33.1 Å². The number of sulfonamides is 1. The maximum Gasteiger partial charge on any atom is 0.264 e. The van der Waals surface area contributed by atoms with Crippen LogP contribution in [0.15, 0.2) is 77.7 Å². The number of anilines is 1. The summed E-state index contributed by atoms with van der Waals surface area (Å²) >= 11 is 12.6. The molecule has 0 saturated heterocycles. The summed E-state index contributed by atoms with van der Waals surface area (Å²) in [4.78, 5) is 28.0. The van der Waals surface area contributed by atoms with Crippen LogP contribution >= 0.6 is 23.2 Å². The third-order valence-corrected chi connectivity index (χ3v) is 8.18. The van der Waals surface area contributed by atoms with E-state index in [1.807, 2.05) is 31.2 Å². The van der Waals surface area contributed by atoms with Crippen LogP contribution in [0.4, 0.5) is 5.69 Å². The Morgan fingerprint density at radius 2 is 1.68 bits per heavy atom.